The molecule has 0 N–H and O–H groups in total. The van der Waals surface area contributed by atoms with Crippen molar-refractivity contribution in [1.82, 2.24) is 20.0 Å². The second-order valence-corrected chi connectivity index (χ2v) is 8.14. The second kappa shape index (κ2) is 7.64. The fraction of sp³-hybridized carbons (Fsp3) is 0.368. The number of fused-ring (bicyclic) bond motifs is 1. The van der Waals surface area contributed by atoms with Crippen LogP contribution < -0.4 is 4.74 Å². The van der Waals surface area contributed by atoms with Gasteiger partial charge < -0.3 is 9.47 Å². The van der Waals surface area contributed by atoms with Crippen LogP contribution >= 0.6 is 15.9 Å². The smallest absolute Gasteiger partial charge is 0.356 e. The molecule has 0 fully saturated rings. The average Bonchev–Trinajstić information content (AvgIpc) is 3.02. The van der Waals surface area contributed by atoms with Crippen LogP contribution in [-0.2, 0) is 17.9 Å². The van der Waals surface area contributed by atoms with Gasteiger partial charge >= 0.3 is 5.97 Å². The van der Waals surface area contributed by atoms with E-state index in [1.165, 1.54) is 7.11 Å². The number of hydrogen-bond donors (Lipinski definition) is 0. The average molecular weight is 433 g/mol. The Morgan fingerprint density at radius 2 is 2.00 bits per heavy atom. The molecule has 0 saturated heterocycles. The summed E-state index contributed by atoms with van der Waals surface area (Å²) in [7, 11) is 1.33. The SMILES string of the molecule is COC(=O)c1cccc(COc2ccc3c(nnn3CC(C)(C)C)c2Br)n1. The minimum atomic E-state index is -0.477. The highest BCUT2D eigenvalue weighted by atomic mass is 79.9. The maximum Gasteiger partial charge on any atom is 0.356 e. The zero-order chi connectivity index (χ0) is 19.6. The number of esters is 1. The van der Waals surface area contributed by atoms with E-state index in [-0.39, 0.29) is 17.7 Å². The Morgan fingerprint density at radius 1 is 1.22 bits per heavy atom. The molecule has 142 valence electrons. The Bertz CT molecular complexity index is 979. The minimum absolute atomic E-state index is 0.0958. The summed E-state index contributed by atoms with van der Waals surface area (Å²) in [5.41, 5.74) is 2.65. The van der Waals surface area contributed by atoms with Crippen LogP contribution in [0.5, 0.6) is 5.75 Å². The molecule has 2 aromatic heterocycles. The number of nitrogens with zero attached hydrogens (tertiary/aromatic N) is 4. The van der Waals surface area contributed by atoms with E-state index < -0.39 is 5.97 Å². The van der Waals surface area contributed by atoms with Gasteiger partial charge in [-0.2, -0.15) is 0 Å². The molecule has 3 aromatic rings. The predicted octanol–water partition coefficient (Wildman–Crippen LogP) is 4.00. The zero-order valence-electron chi connectivity index (χ0n) is 15.7. The summed E-state index contributed by atoms with van der Waals surface area (Å²) < 4.78 is 13.2. The Kier molecular flexibility index (Phi) is 5.46. The van der Waals surface area contributed by atoms with Crippen LogP contribution in [0.25, 0.3) is 11.0 Å². The van der Waals surface area contributed by atoms with Gasteiger partial charge in [0.1, 0.15) is 23.6 Å². The first-order valence-electron chi connectivity index (χ1n) is 8.47. The number of methoxy groups -OCH3 is 1. The van der Waals surface area contributed by atoms with Crippen molar-refractivity contribution < 1.29 is 14.3 Å². The summed E-state index contributed by atoms with van der Waals surface area (Å²) in [5.74, 6) is 0.158. The highest BCUT2D eigenvalue weighted by Gasteiger charge is 2.17. The van der Waals surface area contributed by atoms with Crippen molar-refractivity contribution in [2.24, 2.45) is 5.41 Å². The van der Waals surface area contributed by atoms with Crippen LogP contribution in [0.3, 0.4) is 0 Å². The van der Waals surface area contributed by atoms with E-state index in [1.807, 2.05) is 16.8 Å². The van der Waals surface area contributed by atoms with Crippen molar-refractivity contribution in [2.45, 2.75) is 33.9 Å². The molecule has 0 saturated carbocycles. The molecular formula is C19H21BrN4O3. The lowest BCUT2D eigenvalue weighted by molar-refractivity contribution is 0.0593. The molecule has 8 heteroatoms. The number of carbonyl (C=O) groups is 1. The highest BCUT2D eigenvalue weighted by Crippen LogP contribution is 2.33. The largest absolute Gasteiger partial charge is 0.486 e. The number of benzene rings is 1. The first-order valence-corrected chi connectivity index (χ1v) is 9.26. The lowest BCUT2D eigenvalue weighted by Crippen LogP contribution is -2.16. The van der Waals surface area contributed by atoms with Crippen molar-refractivity contribution in [1.29, 1.82) is 0 Å². The molecule has 3 rings (SSSR count). The van der Waals surface area contributed by atoms with Crippen molar-refractivity contribution in [3.05, 3.63) is 46.2 Å². The number of aromatic nitrogens is 4. The van der Waals surface area contributed by atoms with Crippen LogP contribution in [0.15, 0.2) is 34.8 Å². The molecule has 0 aliphatic carbocycles. The van der Waals surface area contributed by atoms with Gasteiger partial charge in [-0.05, 0) is 45.6 Å². The maximum absolute atomic E-state index is 11.6. The van der Waals surface area contributed by atoms with Gasteiger partial charge in [-0.25, -0.2) is 14.5 Å². The van der Waals surface area contributed by atoms with Crippen LogP contribution in [0, 0.1) is 5.41 Å². The van der Waals surface area contributed by atoms with E-state index in [1.54, 1.807) is 18.2 Å². The van der Waals surface area contributed by atoms with Gasteiger partial charge in [0.25, 0.3) is 0 Å². The fourth-order valence-electron chi connectivity index (χ4n) is 2.59. The summed E-state index contributed by atoms with van der Waals surface area (Å²) in [4.78, 5) is 15.8. The Morgan fingerprint density at radius 3 is 2.70 bits per heavy atom. The fourth-order valence-corrected chi connectivity index (χ4v) is 3.12. The van der Waals surface area contributed by atoms with Gasteiger partial charge in [0.2, 0.25) is 0 Å². The second-order valence-electron chi connectivity index (χ2n) is 7.35. The summed E-state index contributed by atoms with van der Waals surface area (Å²) in [6.45, 7) is 7.44. The van der Waals surface area contributed by atoms with E-state index in [0.717, 1.165) is 22.1 Å². The van der Waals surface area contributed by atoms with E-state index in [4.69, 9.17) is 9.47 Å². The lowest BCUT2D eigenvalue weighted by Gasteiger charge is -2.18. The molecule has 0 amide bonds. The Hall–Kier alpha value is -2.48. The zero-order valence-corrected chi connectivity index (χ0v) is 17.3. The topological polar surface area (TPSA) is 79.1 Å². The standard InChI is InChI=1S/C19H21BrN4O3/c1-19(2,3)11-24-14-8-9-15(16(20)17(14)22-23-24)27-10-12-6-5-7-13(21-12)18(25)26-4/h5-9H,10-11H2,1-4H3. The molecular weight excluding hydrogens is 412 g/mol. The first-order chi connectivity index (χ1) is 12.8. The number of carbonyl (C=O) groups excluding carboxylic acids is 1. The number of halogens is 1. The molecule has 2 heterocycles. The number of hydrogen-bond acceptors (Lipinski definition) is 6. The monoisotopic (exact) mass is 432 g/mol. The number of rotatable bonds is 5. The van der Waals surface area contributed by atoms with Gasteiger partial charge in [0, 0.05) is 6.54 Å². The van der Waals surface area contributed by atoms with Gasteiger partial charge in [-0.3, -0.25) is 0 Å². The Balaban J connectivity index is 1.80. The van der Waals surface area contributed by atoms with Gasteiger partial charge in [0.15, 0.2) is 0 Å². The molecule has 7 nitrogen and oxygen atoms in total. The van der Waals surface area contributed by atoms with Gasteiger partial charge in [0.05, 0.1) is 22.8 Å². The molecule has 0 atom stereocenters. The van der Waals surface area contributed by atoms with Crippen LogP contribution in [0.4, 0.5) is 0 Å². The third-order valence-electron chi connectivity index (χ3n) is 3.79. The Labute approximate surface area is 165 Å². The third-order valence-corrected chi connectivity index (χ3v) is 4.56. The summed E-state index contributed by atoms with van der Waals surface area (Å²) in [5, 5.41) is 8.53. The van der Waals surface area contributed by atoms with Crippen LogP contribution in [-0.4, -0.2) is 33.1 Å². The number of pyridine rings is 1. The minimum Gasteiger partial charge on any atom is -0.486 e. The molecule has 0 unspecified atom stereocenters. The molecule has 0 bridgehead atoms. The van der Waals surface area contributed by atoms with Crippen molar-refractivity contribution >= 4 is 32.9 Å². The molecule has 0 aliphatic heterocycles. The van der Waals surface area contributed by atoms with E-state index in [0.29, 0.717) is 11.4 Å². The maximum atomic E-state index is 11.6. The molecule has 27 heavy (non-hydrogen) atoms. The van der Waals surface area contributed by atoms with Crippen molar-refractivity contribution in [3.8, 4) is 5.75 Å². The van der Waals surface area contributed by atoms with Crippen molar-refractivity contribution in [3.63, 3.8) is 0 Å². The molecule has 0 radical (unpaired) electrons. The van der Waals surface area contributed by atoms with E-state index in [2.05, 4.69) is 52.0 Å². The molecule has 0 aliphatic rings. The normalized spacial score (nSPS) is 11.6. The summed E-state index contributed by atoms with van der Waals surface area (Å²) in [6, 6.07) is 8.95. The third kappa shape index (κ3) is 4.44. The van der Waals surface area contributed by atoms with Gasteiger partial charge in [-0.1, -0.05) is 32.1 Å². The summed E-state index contributed by atoms with van der Waals surface area (Å²) >= 11 is 3.56. The quantitative estimate of drug-likeness (QED) is 0.566. The van der Waals surface area contributed by atoms with E-state index in [9.17, 15) is 4.79 Å². The molecule has 0 spiro atoms. The molecule has 1 aromatic carbocycles. The summed E-state index contributed by atoms with van der Waals surface area (Å²) in [6.07, 6.45) is 0. The predicted molar refractivity (Wildman–Crippen MR) is 105 cm³/mol. The highest BCUT2D eigenvalue weighted by molar-refractivity contribution is 9.10. The first kappa shape index (κ1) is 19.3. The van der Waals surface area contributed by atoms with Crippen molar-refractivity contribution in [2.75, 3.05) is 7.11 Å². The lowest BCUT2D eigenvalue weighted by atomic mass is 9.97. The van der Waals surface area contributed by atoms with Crippen LogP contribution in [0.2, 0.25) is 0 Å². The van der Waals surface area contributed by atoms with Crippen LogP contribution in [0.1, 0.15) is 37.0 Å². The van der Waals surface area contributed by atoms with Gasteiger partial charge in [-0.15, -0.1) is 5.10 Å². The number of ether oxygens (including phenoxy) is 2. The van der Waals surface area contributed by atoms with E-state index >= 15 is 0 Å².